The van der Waals surface area contributed by atoms with E-state index in [1.165, 1.54) is 0 Å². The van der Waals surface area contributed by atoms with Crippen LogP contribution in [0.1, 0.15) is 49.1 Å². The lowest BCUT2D eigenvalue weighted by atomic mass is 9.88. The molecule has 0 aromatic heterocycles. The zero-order valence-electron chi connectivity index (χ0n) is 18.0. The molecule has 30 heavy (non-hydrogen) atoms. The Morgan fingerprint density at radius 3 is 2.10 bits per heavy atom. The van der Waals surface area contributed by atoms with E-state index < -0.39 is 16.2 Å². The van der Waals surface area contributed by atoms with Crippen molar-refractivity contribution in [2.24, 2.45) is 0 Å². The Bertz CT molecular complexity index is 952. The molecule has 7 heteroatoms. The van der Waals surface area contributed by atoms with Crippen LogP contribution in [0.4, 0.5) is 0 Å². The van der Waals surface area contributed by atoms with Gasteiger partial charge in [-0.2, -0.15) is 8.42 Å². The molecule has 0 unspecified atom stereocenters. The molecule has 2 atom stereocenters. The van der Waals surface area contributed by atoms with E-state index in [1.807, 2.05) is 19.1 Å². The van der Waals surface area contributed by atoms with E-state index in [1.54, 1.807) is 45.6 Å². The quantitative estimate of drug-likeness (QED) is 0.459. The first-order valence-corrected chi connectivity index (χ1v) is 11.6. The SMILES string of the molecule is COc1ccc([C@@H]2CCCCC[C@@H]2OS(=O)(=O)c2ccc(C)cc2)c(OC)c1OC. The van der Waals surface area contributed by atoms with Gasteiger partial charge in [0.25, 0.3) is 10.1 Å². The van der Waals surface area contributed by atoms with Crippen LogP contribution in [0.3, 0.4) is 0 Å². The Morgan fingerprint density at radius 1 is 0.800 bits per heavy atom. The van der Waals surface area contributed by atoms with Crippen LogP contribution in [0.15, 0.2) is 41.3 Å². The summed E-state index contributed by atoms with van der Waals surface area (Å²) in [7, 11) is 0.836. The van der Waals surface area contributed by atoms with E-state index in [4.69, 9.17) is 18.4 Å². The first-order chi connectivity index (χ1) is 14.4. The zero-order chi connectivity index (χ0) is 21.7. The monoisotopic (exact) mass is 434 g/mol. The first kappa shape index (κ1) is 22.4. The maximum atomic E-state index is 13.0. The predicted molar refractivity (Wildman–Crippen MR) is 115 cm³/mol. The molecule has 0 spiro atoms. The van der Waals surface area contributed by atoms with Crippen LogP contribution in [0.2, 0.25) is 0 Å². The third-order valence-corrected chi connectivity index (χ3v) is 7.00. The maximum absolute atomic E-state index is 13.0. The highest BCUT2D eigenvalue weighted by molar-refractivity contribution is 7.86. The second kappa shape index (κ2) is 9.71. The highest BCUT2D eigenvalue weighted by Crippen LogP contribution is 2.46. The molecular formula is C23H30O6S. The third-order valence-electron chi connectivity index (χ3n) is 5.65. The zero-order valence-corrected chi connectivity index (χ0v) is 18.8. The van der Waals surface area contributed by atoms with Crippen LogP contribution in [0.5, 0.6) is 17.2 Å². The van der Waals surface area contributed by atoms with Gasteiger partial charge >= 0.3 is 0 Å². The minimum atomic E-state index is -3.88. The molecule has 2 aromatic rings. The molecule has 164 valence electrons. The second-order valence-corrected chi connectivity index (χ2v) is 9.14. The molecule has 6 nitrogen and oxygen atoms in total. The molecule has 1 saturated carbocycles. The van der Waals surface area contributed by atoms with Crippen molar-refractivity contribution in [1.82, 2.24) is 0 Å². The second-order valence-electron chi connectivity index (χ2n) is 7.57. The summed E-state index contributed by atoms with van der Waals surface area (Å²) < 4.78 is 48.4. The van der Waals surface area contributed by atoms with Gasteiger partial charge in [0.1, 0.15) is 0 Å². The fourth-order valence-corrected chi connectivity index (χ4v) is 5.22. The number of aryl methyl sites for hydroxylation is 1. The Labute approximate surface area is 179 Å². The summed E-state index contributed by atoms with van der Waals surface area (Å²) in [4.78, 5) is 0.176. The lowest BCUT2D eigenvalue weighted by molar-refractivity contribution is 0.166. The van der Waals surface area contributed by atoms with Crippen LogP contribution < -0.4 is 14.2 Å². The van der Waals surface area contributed by atoms with E-state index in [2.05, 4.69) is 0 Å². The van der Waals surface area contributed by atoms with Crippen LogP contribution >= 0.6 is 0 Å². The topological polar surface area (TPSA) is 71.1 Å². The number of hydrogen-bond acceptors (Lipinski definition) is 6. The molecule has 0 amide bonds. The molecule has 2 aromatic carbocycles. The summed E-state index contributed by atoms with van der Waals surface area (Å²) in [6, 6.07) is 10.5. The number of methoxy groups -OCH3 is 3. The van der Waals surface area contributed by atoms with Crippen molar-refractivity contribution in [3.8, 4) is 17.2 Å². The van der Waals surface area contributed by atoms with Crippen LogP contribution in [-0.2, 0) is 14.3 Å². The predicted octanol–water partition coefficient (Wildman–Crippen LogP) is 4.84. The highest BCUT2D eigenvalue weighted by atomic mass is 32.2. The first-order valence-electron chi connectivity index (χ1n) is 10.2. The van der Waals surface area contributed by atoms with Gasteiger partial charge < -0.3 is 14.2 Å². The van der Waals surface area contributed by atoms with E-state index in [0.717, 1.165) is 36.8 Å². The molecule has 0 N–H and O–H groups in total. The summed E-state index contributed by atoms with van der Waals surface area (Å²) in [6.45, 7) is 1.92. The number of ether oxygens (including phenoxy) is 3. The van der Waals surface area contributed by atoms with Gasteiger partial charge in [0, 0.05) is 11.5 Å². The van der Waals surface area contributed by atoms with Gasteiger partial charge in [-0.1, -0.05) is 43.0 Å². The fourth-order valence-electron chi connectivity index (χ4n) is 4.08. The van der Waals surface area contributed by atoms with Gasteiger partial charge in [-0.3, -0.25) is 4.18 Å². The van der Waals surface area contributed by atoms with E-state index in [-0.39, 0.29) is 10.8 Å². The Kier molecular flexibility index (Phi) is 7.26. The van der Waals surface area contributed by atoms with Crippen molar-refractivity contribution >= 4 is 10.1 Å². The number of benzene rings is 2. The summed E-state index contributed by atoms with van der Waals surface area (Å²) >= 11 is 0. The molecule has 0 aliphatic heterocycles. The van der Waals surface area contributed by atoms with Crippen molar-refractivity contribution < 1.29 is 26.8 Å². The summed E-state index contributed by atoms with van der Waals surface area (Å²) in [5, 5.41) is 0. The van der Waals surface area contributed by atoms with E-state index in [0.29, 0.717) is 23.7 Å². The fraction of sp³-hybridized carbons (Fsp3) is 0.478. The van der Waals surface area contributed by atoms with Crippen LogP contribution in [-0.4, -0.2) is 35.9 Å². The Hall–Kier alpha value is -2.25. The lowest BCUT2D eigenvalue weighted by Gasteiger charge is -2.27. The van der Waals surface area contributed by atoms with Crippen molar-refractivity contribution in [1.29, 1.82) is 0 Å². The minimum absolute atomic E-state index is 0.137. The van der Waals surface area contributed by atoms with Gasteiger partial charge in [-0.05, 0) is 38.0 Å². The van der Waals surface area contributed by atoms with E-state index >= 15 is 0 Å². The number of rotatable bonds is 7. The standard InChI is InChI=1S/C23H30O6S/c1-16-10-12-17(13-11-16)30(24,25)29-20-9-7-5-6-8-18(20)19-14-15-21(26-2)23(28-4)22(19)27-3/h10-15,18,20H,5-9H2,1-4H3/t18-,20-/m0/s1. The molecule has 0 saturated heterocycles. The van der Waals surface area contributed by atoms with Gasteiger partial charge in [0.05, 0.1) is 32.3 Å². The summed E-state index contributed by atoms with van der Waals surface area (Å²) in [6.07, 6.45) is 3.93. The summed E-state index contributed by atoms with van der Waals surface area (Å²) in [5.41, 5.74) is 1.87. The number of hydrogen-bond donors (Lipinski definition) is 0. The van der Waals surface area contributed by atoms with Crippen molar-refractivity contribution in [3.05, 3.63) is 47.5 Å². The normalized spacial score (nSPS) is 19.7. The van der Waals surface area contributed by atoms with Gasteiger partial charge in [-0.15, -0.1) is 0 Å². The summed E-state index contributed by atoms with van der Waals surface area (Å²) in [5.74, 6) is 1.49. The molecule has 1 aliphatic carbocycles. The van der Waals surface area contributed by atoms with Crippen molar-refractivity contribution in [3.63, 3.8) is 0 Å². The molecule has 3 rings (SSSR count). The smallest absolute Gasteiger partial charge is 0.297 e. The highest BCUT2D eigenvalue weighted by Gasteiger charge is 2.34. The molecule has 1 fully saturated rings. The lowest BCUT2D eigenvalue weighted by Crippen LogP contribution is -2.25. The molecule has 0 radical (unpaired) electrons. The molecule has 1 aliphatic rings. The Morgan fingerprint density at radius 2 is 1.47 bits per heavy atom. The molecular weight excluding hydrogens is 404 g/mol. The molecule has 0 bridgehead atoms. The maximum Gasteiger partial charge on any atom is 0.297 e. The minimum Gasteiger partial charge on any atom is -0.493 e. The van der Waals surface area contributed by atoms with Crippen LogP contribution in [0, 0.1) is 6.92 Å². The average Bonchev–Trinajstić information content (AvgIpc) is 2.97. The van der Waals surface area contributed by atoms with Crippen molar-refractivity contribution in [2.75, 3.05) is 21.3 Å². The average molecular weight is 435 g/mol. The van der Waals surface area contributed by atoms with E-state index in [9.17, 15) is 8.42 Å². The van der Waals surface area contributed by atoms with Gasteiger partial charge in [0.15, 0.2) is 11.5 Å². The van der Waals surface area contributed by atoms with Gasteiger partial charge in [0.2, 0.25) is 5.75 Å². The molecule has 0 heterocycles. The van der Waals surface area contributed by atoms with Crippen LogP contribution in [0.25, 0.3) is 0 Å². The van der Waals surface area contributed by atoms with Gasteiger partial charge in [-0.25, -0.2) is 0 Å². The Balaban J connectivity index is 1.99. The third kappa shape index (κ3) is 4.73. The largest absolute Gasteiger partial charge is 0.493 e. The van der Waals surface area contributed by atoms with Crippen molar-refractivity contribution in [2.45, 2.75) is 55.9 Å².